The lowest BCUT2D eigenvalue weighted by Crippen LogP contribution is -2.46. The SMILES string of the molecule is CC(O)C(O)N1CCC(CO)CC1. The number of piperidine rings is 1. The lowest BCUT2D eigenvalue weighted by Gasteiger charge is -2.35. The second-order valence-electron chi connectivity index (χ2n) is 3.82. The summed E-state index contributed by atoms with van der Waals surface area (Å²) in [5.74, 6) is 0.373. The summed E-state index contributed by atoms with van der Waals surface area (Å²) in [5.41, 5.74) is 0. The van der Waals surface area contributed by atoms with Crippen molar-refractivity contribution in [2.24, 2.45) is 5.92 Å². The third-order valence-electron chi connectivity index (χ3n) is 2.71. The summed E-state index contributed by atoms with van der Waals surface area (Å²) in [7, 11) is 0. The average molecular weight is 189 g/mol. The first-order chi connectivity index (χ1) is 6.15. The summed E-state index contributed by atoms with van der Waals surface area (Å²) in [6.45, 7) is 3.34. The summed E-state index contributed by atoms with van der Waals surface area (Å²) < 4.78 is 0. The Labute approximate surface area is 78.8 Å². The number of rotatable bonds is 3. The monoisotopic (exact) mass is 189 g/mol. The van der Waals surface area contributed by atoms with Crippen LogP contribution in [0.5, 0.6) is 0 Å². The highest BCUT2D eigenvalue weighted by molar-refractivity contribution is 4.75. The molecule has 78 valence electrons. The van der Waals surface area contributed by atoms with Crippen molar-refractivity contribution < 1.29 is 15.3 Å². The van der Waals surface area contributed by atoms with Crippen LogP contribution in [-0.4, -0.2) is 52.2 Å². The summed E-state index contributed by atoms with van der Waals surface area (Å²) in [4.78, 5) is 1.86. The van der Waals surface area contributed by atoms with Gasteiger partial charge in [-0.3, -0.25) is 4.90 Å². The maximum absolute atomic E-state index is 9.52. The largest absolute Gasteiger partial charge is 0.396 e. The van der Waals surface area contributed by atoms with Crippen LogP contribution < -0.4 is 0 Å². The third-order valence-corrected chi connectivity index (χ3v) is 2.71. The predicted molar refractivity (Wildman–Crippen MR) is 49.1 cm³/mol. The molecular weight excluding hydrogens is 170 g/mol. The minimum atomic E-state index is -0.750. The Bertz CT molecular complexity index is 144. The molecule has 0 spiro atoms. The van der Waals surface area contributed by atoms with Gasteiger partial charge in [-0.25, -0.2) is 0 Å². The van der Waals surface area contributed by atoms with Crippen LogP contribution in [-0.2, 0) is 0 Å². The van der Waals surface area contributed by atoms with Crippen LogP contribution in [0.2, 0.25) is 0 Å². The third kappa shape index (κ3) is 2.91. The lowest BCUT2D eigenvalue weighted by molar-refractivity contribution is -0.0886. The van der Waals surface area contributed by atoms with Gasteiger partial charge in [-0.2, -0.15) is 0 Å². The number of hydrogen-bond acceptors (Lipinski definition) is 4. The molecule has 0 amide bonds. The molecule has 13 heavy (non-hydrogen) atoms. The Morgan fingerprint density at radius 1 is 1.31 bits per heavy atom. The van der Waals surface area contributed by atoms with E-state index in [0.717, 1.165) is 25.9 Å². The Balaban J connectivity index is 2.32. The van der Waals surface area contributed by atoms with Crippen molar-refractivity contribution >= 4 is 0 Å². The van der Waals surface area contributed by atoms with E-state index in [1.54, 1.807) is 6.92 Å². The number of hydrogen-bond donors (Lipinski definition) is 3. The van der Waals surface area contributed by atoms with Crippen LogP contribution in [0.25, 0.3) is 0 Å². The first kappa shape index (κ1) is 10.9. The van der Waals surface area contributed by atoms with Crippen molar-refractivity contribution in [3.8, 4) is 0 Å². The van der Waals surface area contributed by atoms with Crippen LogP contribution >= 0.6 is 0 Å². The standard InChI is InChI=1S/C9H19NO3/c1-7(12)9(13)10-4-2-8(6-11)3-5-10/h7-9,11-13H,2-6H2,1H3. The second-order valence-corrected chi connectivity index (χ2v) is 3.82. The van der Waals surface area contributed by atoms with E-state index in [1.165, 1.54) is 0 Å². The molecule has 1 heterocycles. The normalized spacial score (nSPS) is 25.8. The quantitative estimate of drug-likeness (QED) is 0.554. The van der Waals surface area contributed by atoms with Gasteiger partial charge in [-0.1, -0.05) is 0 Å². The van der Waals surface area contributed by atoms with Crippen molar-refractivity contribution in [3.05, 3.63) is 0 Å². The number of aliphatic hydroxyl groups is 3. The van der Waals surface area contributed by atoms with Gasteiger partial charge in [0.1, 0.15) is 6.23 Å². The van der Waals surface area contributed by atoms with E-state index in [4.69, 9.17) is 10.2 Å². The van der Waals surface area contributed by atoms with Gasteiger partial charge in [0.05, 0.1) is 6.10 Å². The molecule has 2 unspecified atom stereocenters. The van der Waals surface area contributed by atoms with Crippen molar-refractivity contribution in [3.63, 3.8) is 0 Å². The molecule has 0 aromatic heterocycles. The van der Waals surface area contributed by atoms with Gasteiger partial charge in [0.2, 0.25) is 0 Å². The maximum Gasteiger partial charge on any atom is 0.133 e. The molecule has 1 saturated heterocycles. The zero-order valence-electron chi connectivity index (χ0n) is 8.06. The second kappa shape index (κ2) is 4.91. The fraction of sp³-hybridized carbons (Fsp3) is 1.00. The van der Waals surface area contributed by atoms with Crippen LogP contribution in [0.3, 0.4) is 0 Å². The van der Waals surface area contributed by atoms with E-state index in [2.05, 4.69) is 0 Å². The molecule has 4 heteroatoms. The van der Waals surface area contributed by atoms with Crippen LogP contribution in [0, 0.1) is 5.92 Å². The highest BCUT2D eigenvalue weighted by Gasteiger charge is 2.25. The summed E-state index contributed by atoms with van der Waals surface area (Å²) >= 11 is 0. The van der Waals surface area contributed by atoms with Gasteiger partial charge in [-0.05, 0) is 25.7 Å². The molecule has 0 bridgehead atoms. The zero-order chi connectivity index (χ0) is 9.84. The molecule has 1 fully saturated rings. The van der Waals surface area contributed by atoms with Gasteiger partial charge in [-0.15, -0.1) is 0 Å². The summed E-state index contributed by atoms with van der Waals surface area (Å²) in [5, 5.41) is 27.6. The first-order valence-electron chi connectivity index (χ1n) is 4.86. The van der Waals surface area contributed by atoms with E-state index in [-0.39, 0.29) is 6.61 Å². The fourth-order valence-electron chi connectivity index (χ4n) is 1.71. The lowest BCUT2D eigenvalue weighted by atomic mass is 9.97. The van der Waals surface area contributed by atoms with E-state index in [1.807, 2.05) is 4.90 Å². The van der Waals surface area contributed by atoms with Gasteiger partial charge in [0.25, 0.3) is 0 Å². The molecule has 0 aliphatic carbocycles. The van der Waals surface area contributed by atoms with Crippen LogP contribution in [0.15, 0.2) is 0 Å². The van der Waals surface area contributed by atoms with E-state index in [9.17, 15) is 5.11 Å². The number of nitrogens with zero attached hydrogens (tertiary/aromatic N) is 1. The Kier molecular flexibility index (Phi) is 4.12. The minimum Gasteiger partial charge on any atom is -0.396 e. The van der Waals surface area contributed by atoms with Crippen molar-refractivity contribution in [1.29, 1.82) is 0 Å². The molecule has 0 aromatic carbocycles. The van der Waals surface area contributed by atoms with E-state index in [0.29, 0.717) is 5.92 Å². The highest BCUT2D eigenvalue weighted by Crippen LogP contribution is 2.18. The number of aliphatic hydroxyl groups excluding tert-OH is 3. The van der Waals surface area contributed by atoms with E-state index >= 15 is 0 Å². The predicted octanol–water partition coefficient (Wildman–Crippen LogP) is -0.610. The van der Waals surface area contributed by atoms with Gasteiger partial charge in [0, 0.05) is 19.7 Å². The zero-order valence-corrected chi connectivity index (χ0v) is 8.06. The van der Waals surface area contributed by atoms with E-state index < -0.39 is 12.3 Å². The number of likely N-dealkylation sites (tertiary alicyclic amines) is 1. The topological polar surface area (TPSA) is 63.9 Å². The molecule has 1 aliphatic heterocycles. The Morgan fingerprint density at radius 3 is 2.23 bits per heavy atom. The summed E-state index contributed by atoms with van der Waals surface area (Å²) in [6.07, 6.45) is 0.353. The van der Waals surface area contributed by atoms with Crippen molar-refractivity contribution in [2.45, 2.75) is 32.1 Å². The van der Waals surface area contributed by atoms with Crippen molar-refractivity contribution in [1.82, 2.24) is 4.90 Å². The Morgan fingerprint density at radius 2 is 1.85 bits per heavy atom. The molecule has 0 radical (unpaired) electrons. The van der Waals surface area contributed by atoms with Crippen molar-refractivity contribution in [2.75, 3.05) is 19.7 Å². The maximum atomic E-state index is 9.52. The first-order valence-corrected chi connectivity index (χ1v) is 4.86. The molecular formula is C9H19NO3. The fourth-order valence-corrected chi connectivity index (χ4v) is 1.71. The smallest absolute Gasteiger partial charge is 0.133 e. The highest BCUT2D eigenvalue weighted by atomic mass is 16.3. The van der Waals surface area contributed by atoms with Gasteiger partial charge < -0.3 is 15.3 Å². The molecule has 1 rings (SSSR count). The molecule has 2 atom stereocenters. The molecule has 4 nitrogen and oxygen atoms in total. The van der Waals surface area contributed by atoms with Gasteiger partial charge in [0.15, 0.2) is 0 Å². The Hall–Kier alpha value is -0.160. The molecule has 1 aliphatic rings. The minimum absolute atomic E-state index is 0.235. The van der Waals surface area contributed by atoms with Crippen LogP contribution in [0.1, 0.15) is 19.8 Å². The summed E-state index contributed by atoms with van der Waals surface area (Å²) in [6, 6.07) is 0. The molecule has 3 N–H and O–H groups in total. The average Bonchev–Trinajstić information content (AvgIpc) is 2.17. The molecule has 0 aromatic rings. The molecule has 0 saturated carbocycles. The van der Waals surface area contributed by atoms with Crippen LogP contribution in [0.4, 0.5) is 0 Å². The van der Waals surface area contributed by atoms with Gasteiger partial charge >= 0.3 is 0 Å².